The number of benzene rings is 1. The van der Waals surface area contributed by atoms with Crippen LogP contribution in [0.5, 0.6) is 0 Å². The molecule has 102 valence electrons. The summed E-state index contributed by atoms with van der Waals surface area (Å²) in [5.41, 5.74) is 0.782. The molecular weight excluding hydrogens is 293 g/mol. The van der Waals surface area contributed by atoms with Gasteiger partial charge in [-0.15, -0.1) is 0 Å². The first-order valence-electron chi connectivity index (χ1n) is 6.60. The highest BCUT2D eigenvalue weighted by molar-refractivity contribution is 9.09. The van der Waals surface area contributed by atoms with Crippen molar-refractivity contribution in [2.75, 3.05) is 18.9 Å². The first-order chi connectivity index (χ1) is 8.60. The van der Waals surface area contributed by atoms with Gasteiger partial charge in [0.1, 0.15) is 5.82 Å². The van der Waals surface area contributed by atoms with Crippen LogP contribution in [0.4, 0.5) is 4.39 Å². The molecule has 0 fully saturated rings. The van der Waals surface area contributed by atoms with Gasteiger partial charge in [0.15, 0.2) is 0 Å². The van der Waals surface area contributed by atoms with E-state index >= 15 is 0 Å². The summed E-state index contributed by atoms with van der Waals surface area (Å²) in [6.07, 6.45) is 2.40. The number of nitrogens with zero attached hydrogens (tertiary/aromatic N) is 1. The second-order valence-electron chi connectivity index (χ2n) is 4.95. The van der Waals surface area contributed by atoms with E-state index in [0.29, 0.717) is 5.92 Å². The van der Waals surface area contributed by atoms with Crippen molar-refractivity contribution in [1.29, 1.82) is 0 Å². The maximum Gasteiger partial charge on any atom is 0.127 e. The number of hydrogen-bond donors (Lipinski definition) is 0. The van der Waals surface area contributed by atoms with Crippen LogP contribution >= 0.6 is 15.9 Å². The lowest BCUT2D eigenvalue weighted by molar-refractivity contribution is 0.219. The van der Waals surface area contributed by atoms with Crippen LogP contribution in [-0.2, 0) is 0 Å². The van der Waals surface area contributed by atoms with Gasteiger partial charge in [0.05, 0.1) is 0 Å². The van der Waals surface area contributed by atoms with Crippen LogP contribution in [0.25, 0.3) is 0 Å². The minimum Gasteiger partial charge on any atom is -0.299 e. The second-order valence-corrected chi connectivity index (χ2v) is 5.59. The topological polar surface area (TPSA) is 3.24 Å². The molecule has 1 rings (SSSR count). The van der Waals surface area contributed by atoms with Gasteiger partial charge in [-0.3, -0.25) is 4.90 Å². The molecule has 0 radical (unpaired) electrons. The second kappa shape index (κ2) is 7.90. The third kappa shape index (κ3) is 4.36. The van der Waals surface area contributed by atoms with Gasteiger partial charge in [0, 0.05) is 23.5 Å². The van der Waals surface area contributed by atoms with E-state index in [-0.39, 0.29) is 11.9 Å². The summed E-state index contributed by atoms with van der Waals surface area (Å²) >= 11 is 3.56. The van der Waals surface area contributed by atoms with Gasteiger partial charge >= 0.3 is 0 Å². The SMILES string of the molecule is CCCC(CBr)CN(C)C(C)c1ccccc1F. The molecule has 0 saturated heterocycles. The quantitative estimate of drug-likeness (QED) is 0.663. The molecule has 0 aliphatic rings. The van der Waals surface area contributed by atoms with E-state index in [2.05, 4.69) is 41.7 Å². The Kier molecular flexibility index (Phi) is 6.87. The standard InChI is InChI=1S/C15H23BrFN/c1-4-7-13(10-16)11-18(3)12(2)14-8-5-6-9-15(14)17/h5-6,8-9,12-13H,4,7,10-11H2,1-3H3. The summed E-state index contributed by atoms with van der Waals surface area (Å²) in [5.74, 6) is 0.525. The zero-order chi connectivity index (χ0) is 13.5. The van der Waals surface area contributed by atoms with Crippen molar-refractivity contribution < 1.29 is 4.39 Å². The Balaban J connectivity index is 2.66. The largest absolute Gasteiger partial charge is 0.299 e. The molecule has 0 aliphatic heterocycles. The molecule has 0 bridgehead atoms. The summed E-state index contributed by atoms with van der Waals surface area (Å²) in [6, 6.07) is 7.16. The number of hydrogen-bond acceptors (Lipinski definition) is 1. The molecule has 0 N–H and O–H groups in total. The van der Waals surface area contributed by atoms with E-state index < -0.39 is 0 Å². The molecular formula is C15H23BrFN. The fraction of sp³-hybridized carbons (Fsp3) is 0.600. The maximum absolute atomic E-state index is 13.7. The van der Waals surface area contributed by atoms with Crippen LogP contribution in [0.3, 0.4) is 0 Å². The Morgan fingerprint density at radius 2 is 2.00 bits per heavy atom. The third-order valence-electron chi connectivity index (χ3n) is 3.48. The Labute approximate surface area is 119 Å². The van der Waals surface area contributed by atoms with Crippen molar-refractivity contribution in [3.63, 3.8) is 0 Å². The monoisotopic (exact) mass is 315 g/mol. The molecule has 0 amide bonds. The first kappa shape index (κ1) is 15.6. The van der Waals surface area contributed by atoms with Crippen LogP contribution < -0.4 is 0 Å². The smallest absolute Gasteiger partial charge is 0.127 e. The van der Waals surface area contributed by atoms with Gasteiger partial charge < -0.3 is 0 Å². The van der Waals surface area contributed by atoms with E-state index in [1.807, 2.05) is 12.1 Å². The molecule has 0 aromatic heterocycles. The molecule has 18 heavy (non-hydrogen) atoms. The summed E-state index contributed by atoms with van der Waals surface area (Å²) in [4.78, 5) is 2.24. The van der Waals surface area contributed by atoms with Gasteiger partial charge in [-0.2, -0.15) is 0 Å². The van der Waals surface area contributed by atoms with Gasteiger partial charge in [-0.25, -0.2) is 4.39 Å². The maximum atomic E-state index is 13.7. The van der Waals surface area contributed by atoms with E-state index in [4.69, 9.17) is 0 Å². The number of rotatable bonds is 7. The van der Waals surface area contributed by atoms with Gasteiger partial charge in [-0.05, 0) is 32.4 Å². The average molecular weight is 316 g/mol. The van der Waals surface area contributed by atoms with Crippen LogP contribution in [0.2, 0.25) is 0 Å². The van der Waals surface area contributed by atoms with Crippen molar-refractivity contribution in [3.05, 3.63) is 35.6 Å². The lowest BCUT2D eigenvalue weighted by Gasteiger charge is -2.28. The van der Waals surface area contributed by atoms with Crippen LogP contribution in [0, 0.1) is 11.7 Å². The van der Waals surface area contributed by atoms with E-state index in [0.717, 1.165) is 17.4 Å². The van der Waals surface area contributed by atoms with Crippen molar-refractivity contribution in [2.24, 2.45) is 5.92 Å². The normalized spacial score (nSPS) is 14.8. The summed E-state index contributed by atoms with van der Waals surface area (Å²) in [5, 5.41) is 1.01. The molecule has 0 saturated carbocycles. The first-order valence-corrected chi connectivity index (χ1v) is 7.72. The molecule has 3 heteroatoms. The van der Waals surface area contributed by atoms with Crippen molar-refractivity contribution in [3.8, 4) is 0 Å². The van der Waals surface area contributed by atoms with Crippen molar-refractivity contribution >= 4 is 15.9 Å². The number of halogens is 2. The highest BCUT2D eigenvalue weighted by Crippen LogP contribution is 2.23. The Morgan fingerprint density at radius 1 is 1.33 bits per heavy atom. The van der Waals surface area contributed by atoms with Crippen LogP contribution in [0.15, 0.2) is 24.3 Å². The molecule has 1 nitrogen and oxygen atoms in total. The zero-order valence-corrected chi connectivity index (χ0v) is 13.1. The fourth-order valence-electron chi connectivity index (χ4n) is 2.24. The van der Waals surface area contributed by atoms with E-state index in [1.165, 1.54) is 18.9 Å². The third-order valence-corrected chi connectivity index (χ3v) is 4.39. The minimum atomic E-state index is -0.109. The van der Waals surface area contributed by atoms with E-state index in [9.17, 15) is 4.39 Å². The van der Waals surface area contributed by atoms with Crippen LogP contribution in [0.1, 0.15) is 38.3 Å². The van der Waals surface area contributed by atoms with Gasteiger partial charge in [0.25, 0.3) is 0 Å². The molecule has 2 unspecified atom stereocenters. The van der Waals surface area contributed by atoms with Gasteiger partial charge in [0.2, 0.25) is 0 Å². The van der Waals surface area contributed by atoms with E-state index in [1.54, 1.807) is 6.07 Å². The molecule has 0 heterocycles. The summed E-state index contributed by atoms with van der Waals surface area (Å²) in [7, 11) is 2.07. The van der Waals surface area contributed by atoms with Crippen LogP contribution in [-0.4, -0.2) is 23.8 Å². The molecule has 0 spiro atoms. The Bertz CT molecular complexity index is 356. The molecule has 0 aliphatic carbocycles. The molecule has 1 aromatic carbocycles. The molecule has 1 aromatic rings. The lowest BCUT2D eigenvalue weighted by Crippen LogP contribution is -2.29. The predicted octanol–water partition coefficient (Wildman–Crippen LogP) is 4.63. The minimum absolute atomic E-state index is 0.109. The van der Waals surface area contributed by atoms with Crippen molar-refractivity contribution in [1.82, 2.24) is 4.90 Å². The Morgan fingerprint density at radius 3 is 2.56 bits per heavy atom. The number of alkyl halides is 1. The predicted molar refractivity (Wildman–Crippen MR) is 79.6 cm³/mol. The van der Waals surface area contributed by atoms with Crippen molar-refractivity contribution in [2.45, 2.75) is 32.7 Å². The lowest BCUT2D eigenvalue weighted by atomic mass is 10.0. The summed E-state index contributed by atoms with van der Waals surface area (Å²) in [6.45, 7) is 5.26. The fourth-order valence-corrected chi connectivity index (χ4v) is 2.77. The van der Waals surface area contributed by atoms with Gasteiger partial charge in [-0.1, -0.05) is 47.5 Å². The highest BCUT2D eigenvalue weighted by Gasteiger charge is 2.18. The molecule has 2 atom stereocenters. The highest BCUT2D eigenvalue weighted by atomic mass is 79.9. The summed E-state index contributed by atoms with van der Waals surface area (Å²) < 4.78 is 13.7. The zero-order valence-electron chi connectivity index (χ0n) is 11.5. The Hall–Kier alpha value is -0.410. The average Bonchev–Trinajstić information content (AvgIpc) is 2.37.